The van der Waals surface area contributed by atoms with E-state index in [0.717, 1.165) is 0 Å². The molecule has 1 saturated heterocycles. The van der Waals surface area contributed by atoms with E-state index in [1.165, 1.54) is 16.6 Å². The van der Waals surface area contributed by atoms with E-state index in [2.05, 4.69) is 10.2 Å². The van der Waals surface area contributed by atoms with Gasteiger partial charge in [-0.25, -0.2) is 8.42 Å². The van der Waals surface area contributed by atoms with E-state index in [1.807, 2.05) is 13.8 Å². The summed E-state index contributed by atoms with van der Waals surface area (Å²) in [7, 11) is -3.31. The zero-order chi connectivity index (χ0) is 10.4. The van der Waals surface area contributed by atoms with Gasteiger partial charge < -0.3 is 0 Å². The van der Waals surface area contributed by atoms with E-state index < -0.39 is 10.0 Å². The highest BCUT2D eigenvalue weighted by Crippen LogP contribution is 2.32. The second kappa shape index (κ2) is 2.80. The number of hydrogen-bond donors (Lipinski definition) is 1. The van der Waals surface area contributed by atoms with Crippen LogP contribution in [0, 0.1) is 5.41 Å². The van der Waals surface area contributed by atoms with Crippen molar-refractivity contribution < 1.29 is 8.42 Å². The minimum atomic E-state index is -3.31. The second-order valence-corrected chi connectivity index (χ2v) is 6.26. The third kappa shape index (κ3) is 1.44. The molecule has 0 radical (unpaired) electrons. The molecule has 0 spiro atoms. The van der Waals surface area contributed by atoms with Crippen LogP contribution in [-0.4, -0.2) is 36.0 Å². The molecule has 0 saturated carbocycles. The van der Waals surface area contributed by atoms with Crippen molar-refractivity contribution in [2.45, 2.75) is 18.9 Å². The minimum Gasteiger partial charge on any atom is -0.266 e. The molecule has 78 valence electrons. The summed E-state index contributed by atoms with van der Waals surface area (Å²) in [4.78, 5) is 0. The lowest BCUT2D eigenvalue weighted by molar-refractivity contribution is 0.111. The molecule has 1 aliphatic rings. The Labute approximate surface area is 83.2 Å². The first-order valence-electron chi connectivity index (χ1n) is 4.41. The van der Waals surface area contributed by atoms with Gasteiger partial charge in [0.25, 0.3) is 10.0 Å². The van der Waals surface area contributed by atoms with Crippen molar-refractivity contribution in [1.29, 1.82) is 0 Å². The van der Waals surface area contributed by atoms with Gasteiger partial charge in [-0.3, -0.25) is 5.10 Å². The Morgan fingerprint density at radius 3 is 2.57 bits per heavy atom. The SMILES string of the molecule is CC1(C)CN(S(=O)(=O)c2ccn[nH]2)C1. The maximum atomic E-state index is 11.8. The summed E-state index contributed by atoms with van der Waals surface area (Å²) in [6.07, 6.45) is 1.44. The summed E-state index contributed by atoms with van der Waals surface area (Å²) < 4.78 is 25.1. The quantitative estimate of drug-likeness (QED) is 0.778. The number of sulfonamides is 1. The van der Waals surface area contributed by atoms with E-state index in [9.17, 15) is 8.42 Å². The van der Waals surface area contributed by atoms with Gasteiger partial charge in [0.15, 0.2) is 5.03 Å². The molecular weight excluding hydrogens is 202 g/mol. The van der Waals surface area contributed by atoms with Crippen LogP contribution < -0.4 is 0 Å². The van der Waals surface area contributed by atoms with Crippen molar-refractivity contribution in [3.05, 3.63) is 12.3 Å². The molecule has 5 nitrogen and oxygen atoms in total. The molecule has 1 N–H and O–H groups in total. The Balaban J connectivity index is 2.21. The van der Waals surface area contributed by atoms with Gasteiger partial charge in [0.1, 0.15) is 0 Å². The molecule has 0 amide bonds. The van der Waals surface area contributed by atoms with Crippen LogP contribution in [0.25, 0.3) is 0 Å². The van der Waals surface area contributed by atoms with Crippen molar-refractivity contribution >= 4 is 10.0 Å². The minimum absolute atomic E-state index is 0.104. The van der Waals surface area contributed by atoms with E-state index in [0.29, 0.717) is 13.1 Å². The van der Waals surface area contributed by atoms with E-state index in [-0.39, 0.29) is 10.4 Å². The van der Waals surface area contributed by atoms with Crippen LogP contribution in [0.3, 0.4) is 0 Å². The monoisotopic (exact) mass is 215 g/mol. The number of nitrogens with one attached hydrogen (secondary N) is 1. The van der Waals surface area contributed by atoms with Gasteiger partial charge in [0.05, 0.1) is 6.20 Å². The highest BCUT2D eigenvalue weighted by atomic mass is 32.2. The predicted molar refractivity (Wildman–Crippen MR) is 51.1 cm³/mol. The molecule has 1 aromatic heterocycles. The lowest BCUT2D eigenvalue weighted by atomic mass is 9.87. The Hall–Kier alpha value is -0.880. The molecule has 2 rings (SSSR count). The number of aromatic nitrogens is 2. The summed E-state index contributed by atoms with van der Waals surface area (Å²) in [5.41, 5.74) is 0.104. The van der Waals surface area contributed by atoms with Crippen LogP contribution in [0.1, 0.15) is 13.8 Å². The van der Waals surface area contributed by atoms with Crippen LogP contribution in [0.4, 0.5) is 0 Å². The van der Waals surface area contributed by atoms with Gasteiger partial charge in [-0.15, -0.1) is 0 Å². The van der Waals surface area contributed by atoms with Gasteiger partial charge in [0.2, 0.25) is 0 Å². The molecule has 1 aliphatic heterocycles. The van der Waals surface area contributed by atoms with Gasteiger partial charge in [-0.05, 0) is 11.5 Å². The Bertz CT molecular complexity index is 413. The topological polar surface area (TPSA) is 66.1 Å². The first kappa shape index (κ1) is 9.67. The maximum Gasteiger partial charge on any atom is 0.260 e. The fourth-order valence-electron chi connectivity index (χ4n) is 1.60. The maximum absolute atomic E-state index is 11.8. The fourth-order valence-corrected chi connectivity index (χ4v) is 3.32. The number of aromatic amines is 1. The Kier molecular flexibility index (Phi) is 1.94. The summed E-state index contributed by atoms with van der Waals surface area (Å²) in [6, 6.07) is 1.47. The molecular formula is C8H13N3O2S. The second-order valence-electron chi connectivity index (χ2n) is 4.36. The fraction of sp³-hybridized carbons (Fsp3) is 0.625. The van der Waals surface area contributed by atoms with Crippen molar-refractivity contribution in [3.63, 3.8) is 0 Å². The lowest BCUT2D eigenvalue weighted by Gasteiger charge is -2.44. The number of nitrogens with zero attached hydrogens (tertiary/aromatic N) is 2. The standard InChI is InChI=1S/C8H13N3O2S/c1-8(2)5-11(6-8)14(12,13)7-3-4-9-10-7/h3-4H,5-6H2,1-2H3,(H,9,10). The largest absolute Gasteiger partial charge is 0.266 e. The molecule has 0 aliphatic carbocycles. The molecule has 0 bridgehead atoms. The van der Waals surface area contributed by atoms with Crippen LogP contribution in [0.2, 0.25) is 0 Å². The van der Waals surface area contributed by atoms with Gasteiger partial charge in [0, 0.05) is 13.1 Å². The summed E-state index contributed by atoms with van der Waals surface area (Å²) in [5.74, 6) is 0. The molecule has 14 heavy (non-hydrogen) atoms. The van der Waals surface area contributed by atoms with Crippen LogP contribution >= 0.6 is 0 Å². The highest BCUT2D eigenvalue weighted by Gasteiger charge is 2.42. The van der Waals surface area contributed by atoms with Crippen molar-refractivity contribution in [2.75, 3.05) is 13.1 Å². The van der Waals surface area contributed by atoms with Crippen molar-refractivity contribution in [3.8, 4) is 0 Å². The molecule has 0 atom stereocenters. The van der Waals surface area contributed by atoms with Gasteiger partial charge >= 0.3 is 0 Å². The van der Waals surface area contributed by atoms with E-state index in [4.69, 9.17) is 0 Å². The molecule has 2 heterocycles. The molecule has 0 unspecified atom stereocenters. The summed E-state index contributed by atoms with van der Waals surface area (Å²) in [6.45, 7) is 5.25. The van der Waals surface area contributed by atoms with Crippen molar-refractivity contribution in [1.82, 2.24) is 14.5 Å². The molecule has 6 heteroatoms. The van der Waals surface area contributed by atoms with Crippen LogP contribution in [0.5, 0.6) is 0 Å². The van der Waals surface area contributed by atoms with Gasteiger partial charge in [-0.2, -0.15) is 9.40 Å². The number of rotatable bonds is 2. The first-order chi connectivity index (χ1) is 6.42. The highest BCUT2D eigenvalue weighted by molar-refractivity contribution is 7.89. The average Bonchev–Trinajstić information content (AvgIpc) is 2.51. The Morgan fingerprint density at radius 2 is 2.14 bits per heavy atom. The molecule has 1 aromatic rings. The summed E-state index contributed by atoms with van der Waals surface area (Å²) in [5, 5.41) is 6.28. The number of H-pyrrole nitrogens is 1. The molecule has 0 aromatic carbocycles. The third-order valence-corrected chi connectivity index (χ3v) is 4.02. The predicted octanol–water partition coefficient (Wildman–Crippen LogP) is 0.440. The average molecular weight is 215 g/mol. The molecule has 1 fully saturated rings. The first-order valence-corrected chi connectivity index (χ1v) is 5.85. The normalized spacial score (nSPS) is 21.9. The zero-order valence-corrected chi connectivity index (χ0v) is 9.00. The van der Waals surface area contributed by atoms with Crippen molar-refractivity contribution in [2.24, 2.45) is 5.41 Å². The van der Waals surface area contributed by atoms with E-state index in [1.54, 1.807) is 0 Å². The van der Waals surface area contributed by atoms with Crippen LogP contribution in [0.15, 0.2) is 17.3 Å². The lowest BCUT2D eigenvalue weighted by Crippen LogP contribution is -2.55. The smallest absolute Gasteiger partial charge is 0.260 e. The van der Waals surface area contributed by atoms with Gasteiger partial charge in [-0.1, -0.05) is 13.8 Å². The van der Waals surface area contributed by atoms with E-state index >= 15 is 0 Å². The number of hydrogen-bond acceptors (Lipinski definition) is 3. The zero-order valence-electron chi connectivity index (χ0n) is 8.19. The summed E-state index contributed by atoms with van der Waals surface area (Å²) >= 11 is 0. The Morgan fingerprint density at radius 1 is 1.50 bits per heavy atom. The van der Waals surface area contributed by atoms with Crippen LogP contribution in [-0.2, 0) is 10.0 Å². The third-order valence-electron chi connectivity index (χ3n) is 2.30.